The van der Waals surface area contributed by atoms with Crippen LogP contribution in [0, 0.1) is 5.41 Å². The molecule has 2 saturated heterocycles. The Hall–Kier alpha value is -2.82. The Morgan fingerprint density at radius 3 is 2.37 bits per heavy atom. The maximum absolute atomic E-state index is 12.9. The van der Waals surface area contributed by atoms with Crippen molar-refractivity contribution < 1.29 is 9.59 Å². The van der Waals surface area contributed by atoms with Gasteiger partial charge in [-0.2, -0.15) is 0 Å². The first-order valence-electron chi connectivity index (χ1n) is 9.40. The second kappa shape index (κ2) is 6.72. The highest BCUT2D eigenvalue weighted by Gasteiger charge is 2.48. The molecule has 0 saturated carbocycles. The van der Waals surface area contributed by atoms with Crippen molar-refractivity contribution in [3.05, 3.63) is 60.2 Å². The Morgan fingerprint density at radius 2 is 1.70 bits per heavy atom. The van der Waals surface area contributed by atoms with E-state index in [2.05, 4.69) is 0 Å². The van der Waals surface area contributed by atoms with E-state index in [-0.39, 0.29) is 17.2 Å². The standard InChI is InChI=1S/C22H25N3O2/c1-23(2)18-10-8-17(9-11-18)21(27)24-13-12-22(15-24)14-20(26)25(16-22)19-6-4-3-5-7-19/h3-11H,12-16H2,1-2H3. The SMILES string of the molecule is CN(C)c1ccc(C(=O)N2CCC3(CC(=O)N(c4ccccc4)C3)C2)cc1. The number of nitrogens with zero attached hydrogens (tertiary/aromatic N) is 3. The van der Waals surface area contributed by atoms with Crippen LogP contribution < -0.4 is 9.80 Å². The highest BCUT2D eigenvalue weighted by atomic mass is 16.2. The number of benzene rings is 2. The minimum Gasteiger partial charge on any atom is -0.378 e. The van der Waals surface area contributed by atoms with Crippen LogP contribution in [0.4, 0.5) is 11.4 Å². The van der Waals surface area contributed by atoms with Gasteiger partial charge in [0, 0.05) is 62.5 Å². The van der Waals surface area contributed by atoms with Crippen molar-refractivity contribution in [1.82, 2.24) is 4.90 Å². The van der Waals surface area contributed by atoms with E-state index in [0.29, 0.717) is 31.6 Å². The van der Waals surface area contributed by atoms with Crippen molar-refractivity contribution in [2.75, 3.05) is 43.5 Å². The van der Waals surface area contributed by atoms with Gasteiger partial charge in [-0.1, -0.05) is 18.2 Å². The minimum absolute atomic E-state index is 0.0581. The number of hydrogen-bond acceptors (Lipinski definition) is 3. The minimum atomic E-state index is -0.119. The molecule has 2 aliphatic heterocycles. The van der Waals surface area contributed by atoms with E-state index < -0.39 is 0 Å². The summed E-state index contributed by atoms with van der Waals surface area (Å²) in [5.41, 5.74) is 2.61. The van der Waals surface area contributed by atoms with Crippen LogP contribution in [0.25, 0.3) is 0 Å². The monoisotopic (exact) mass is 363 g/mol. The number of carbonyl (C=O) groups excluding carboxylic acids is 2. The summed E-state index contributed by atoms with van der Waals surface area (Å²) in [5, 5.41) is 0. The summed E-state index contributed by atoms with van der Waals surface area (Å²) in [6, 6.07) is 17.5. The van der Waals surface area contributed by atoms with E-state index in [4.69, 9.17) is 0 Å². The van der Waals surface area contributed by atoms with Crippen molar-refractivity contribution in [1.29, 1.82) is 0 Å². The number of carbonyl (C=O) groups is 2. The maximum atomic E-state index is 12.9. The van der Waals surface area contributed by atoms with Gasteiger partial charge in [0.1, 0.15) is 0 Å². The fourth-order valence-corrected chi connectivity index (χ4v) is 4.21. The van der Waals surface area contributed by atoms with Gasteiger partial charge in [0.05, 0.1) is 0 Å². The average Bonchev–Trinajstić information content (AvgIpc) is 3.25. The Morgan fingerprint density at radius 1 is 1.00 bits per heavy atom. The van der Waals surface area contributed by atoms with Gasteiger partial charge in [-0.15, -0.1) is 0 Å². The van der Waals surface area contributed by atoms with Gasteiger partial charge in [-0.25, -0.2) is 0 Å². The zero-order valence-electron chi connectivity index (χ0n) is 15.9. The van der Waals surface area contributed by atoms with Crippen molar-refractivity contribution in [3.8, 4) is 0 Å². The molecule has 1 spiro atoms. The van der Waals surface area contributed by atoms with Gasteiger partial charge in [-0.05, 0) is 42.8 Å². The third-order valence-corrected chi connectivity index (χ3v) is 5.74. The lowest BCUT2D eigenvalue weighted by atomic mass is 9.86. The first-order valence-corrected chi connectivity index (χ1v) is 9.40. The Kier molecular flexibility index (Phi) is 4.38. The third kappa shape index (κ3) is 3.29. The lowest BCUT2D eigenvalue weighted by Gasteiger charge is -2.24. The van der Waals surface area contributed by atoms with Gasteiger partial charge in [0.2, 0.25) is 5.91 Å². The van der Waals surface area contributed by atoms with E-state index in [1.807, 2.05) is 83.4 Å². The largest absolute Gasteiger partial charge is 0.378 e. The van der Waals surface area contributed by atoms with Crippen LogP contribution in [0.5, 0.6) is 0 Å². The van der Waals surface area contributed by atoms with Crippen LogP contribution in [0.2, 0.25) is 0 Å². The second-order valence-corrected chi connectivity index (χ2v) is 7.91. The molecule has 0 radical (unpaired) electrons. The van der Waals surface area contributed by atoms with Gasteiger partial charge in [0.25, 0.3) is 5.91 Å². The smallest absolute Gasteiger partial charge is 0.253 e. The predicted octanol–water partition coefficient (Wildman–Crippen LogP) is 3.02. The third-order valence-electron chi connectivity index (χ3n) is 5.74. The molecule has 0 aromatic heterocycles. The molecule has 2 amide bonds. The molecule has 5 heteroatoms. The van der Waals surface area contributed by atoms with Crippen molar-refractivity contribution in [3.63, 3.8) is 0 Å². The summed E-state index contributed by atoms with van der Waals surface area (Å²) in [5.74, 6) is 0.216. The predicted molar refractivity (Wildman–Crippen MR) is 107 cm³/mol. The number of rotatable bonds is 3. The Balaban J connectivity index is 1.47. The van der Waals surface area contributed by atoms with Crippen LogP contribution in [0.1, 0.15) is 23.2 Å². The van der Waals surface area contributed by atoms with Crippen LogP contribution in [0.15, 0.2) is 54.6 Å². The van der Waals surface area contributed by atoms with Gasteiger partial charge >= 0.3 is 0 Å². The molecular weight excluding hydrogens is 338 g/mol. The highest BCUT2D eigenvalue weighted by molar-refractivity contribution is 5.97. The molecule has 27 heavy (non-hydrogen) atoms. The molecular formula is C22H25N3O2. The second-order valence-electron chi connectivity index (χ2n) is 7.91. The van der Waals surface area contributed by atoms with Crippen molar-refractivity contribution in [2.24, 2.45) is 5.41 Å². The fourth-order valence-electron chi connectivity index (χ4n) is 4.21. The summed E-state index contributed by atoms with van der Waals surface area (Å²) in [6.07, 6.45) is 1.40. The summed E-state index contributed by atoms with van der Waals surface area (Å²) in [7, 11) is 3.97. The fraction of sp³-hybridized carbons (Fsp3) is 0.364. The van der Waals surface area contributed by atoms with Crippen molar-refractivity contribution >= 4 is 23.2 Å². The molecule has 2 aromatic carbocycles. The van der Waals surface area contributed by atoms with E-state index in [9.17, 15) is 9.59 Å². The van der Waals surface area contributed by atoms with Gasteiger partial charge in [0.15, 0.2) is 0 Å². The Labute approximate surface area is 160 Å². The molecule has 5 nitrogen and oxygen atoms in total. The molecule has 0 aliphatic carbocycles. The van der Waals surface area contributed by atoms with E-state index in [1.54, 1.807) is 0 Å². The first-order chi connectivity index (χ1) is 13.0. The summed E-state index contributed by atoms with van der Waals surface area (Å²) in [4.78, 5) is 31.3. The van der Waals surface area contributed by atoms with Gasteiger partial charge in [-0.3, -0.25) is 9.59 Å². The molecule has 1 unspecified atom stereocenters. The van der Waals surface area contributed by atoms with E-state index in [1.165, 1.54) is 0 Å². The molecule has 2 aliphatic rings. The zero-order chi connectivity index (χ0) is 19.0. The number of likely N-dealkylation sites (tertiary alicyclic amines) is 1. The summed E-state index contributed by atoms with van der Waals surface area (Å²) >= 11 is 0. The lowest BCUT2D eigenvalue weighted by molar-refractivity contribution is -0.117. The van der Waals surface area contributed by atoms with E-state index in [0.717, 1.165) is 17.8 Å². The summed E-state index contributed by atoms with van der Waals surface area (Å²) < 4.78 is 0. The topological polar surface area (TPSA) is 43.9 Å². The quantitative estimate of drug-likeness (QED) is 0.842. The molecule has 2 aromatic rings. The first kappa shape index (κ1) is 17.6. The Bertz CT molecular complexity index is 848. The highest BCUT2D eigenvalue weighted by Crippen LogP contribution is 2.42. The number of anilines is 2. The van der Waals surface area contributed by atoms with Crippen LogP contribution in [-0.4, -0.2) is 50.4 Å². The molecule has 0 N–H and O–H groups in total. The molecule has 2 heterocycles. The molecule has 2 fully saturated rings. The molecule has 140 valence electrons. The lowest BCUT2D eigenvalue weighted by Crippen LogP contribution is -2.34. The number of amides is 2. The molecule has 0 bridgehead atoms. The van der Waals surface area contributed by atoms with Crippen molar-refractivity contribution in [2.45, 2.75) is 12.8 Å². The number of para-hydroxylation sites is 1. The van der Waals surface area contributed by atoms with E-state index >= 15 is 0 Å². The van der Waals surface area contributed by atoms with Crippen LogP contribution >= 0.6 is 0 Å². The summed E-state index contributed by atoms with van der Waals surface area (Å²) in [6.45, 7) is 2.06. The zero-order valence-corrected chi connectivity index (χ0v) is 15.9. The molecule has 1 atom stereocenters. The van der Waals surface area contributed by atoms with Crippen LogP contribution in [-0.2, 0) is 4.79 Å². The molecule has 4 rings (SSSR count). The van der Waals surface area contributed by atoms with Crippen LogP contribution in [0.3, 0.4) is 0 Å². The number of hydrogen-bond donors (Lipinski definition) is 0. The maximum Gasteiger partial charge on any atom is 0.253 e. The normalized spacial score (nSPS) is 21.9. The average molecular weight is 363 g/mol. The van der Waals surface area contributed by atoms with Gasteiger partial charge < -0.3 is 14.7 Å².